The minimum absolute atomic E-state index is 0.701. The van der Waals surface area contributed by atoms with Gasteiger partial charge in [-0.3, -0.25) is 0 Å². The van der Waals surface area contributed by atoms with E-state index in [2.05, 4.69) is 48.3 Å². The van der Waals surface area contributed by atoms with E-state index in [0.717, 1.165) is 28.8 Å². The number of para-hydroxylation sites is 1. The lowest BCUT2D eigenvalue weighted by atomic mass is 10.2. The van der Waals surface area contributed by atoms with Crippen LogP contribution in [-0.4, -0.2) is 11.6 Å². The van der Waals surface area contributed by atoms with Crippen LogP contribution in [0.25, 0.3) is 10.9 Å². The lowest BCUT2D eigenvalue weighted by Crippen LogP contribution is -2.01. The molecular weight excluding hydrogens is 234 g/mol. The van der Waals surface area contributed by atoms with Crippen LogP contribution in [0.2, 0.25) is 0 Å². The maximum Gasteiger partial charge on any atom is 0.147 e. The van der Waals surface area contributed by atoms with E-state index in [1.165, 1.54) is 5.56 Å². The van der Waals surface area contributed by atoms with Gasteiger partial charge in [-0.25, -0.2) is 0 Å². The van der Waals surface area contributed by atoms with Gasteiger partial charge in [0.1, 0.15) is 5.75 Å². The third kappa shape index (κ3) is 2.48. The Kier molecular flexibility index (Phi) is 3.23. The molecule has 3 aromatic rings. The summed E-state index contributed by atoms with van der Waals surface area (Å²) in [5.41, 5.74) is 3.53. The number of H-pyrrole nitrogens is 1. The standard InChI is InChI=1S/C17H17NO/c1-13-17(15-9-5-6-10-16(15)18-13)19-12-11-14-7-3-2-4-8-14/h2-10,18H,11-12H2,1H3. The lowest BCUT2D eigenvalue weighted by Gasteiger charge is -2.06. The van der Waals surface area contributed by atoms with Gasteiger partial charge in [-0.2, -0.15) is 0 Å². The number of rotatable bonds is 4. The fourth-order valence-electron chi connectivity index (χ4n) is 2.35. The first-order chi connectivity index (χ1) is 9.34. The highest BCUT2D eigenvalue weighted by atomic mass is 16.5. The third-order valence-electron chi connectivity index (χ3n) is 3.31. The van der Waals surface area contributed by atoms with Crippen molar-refractivity contribution in [3.8, 4) is 5.75 Å². The van der Waals surface area contributed by atoms with Gasteiger partial charge in [0.15, 0.2) is 0 Å². The average molecular weight is 251 g/mol. The number of aromatic nitrogens is 1. The lowest BCUT2D eigenvalue weighted by molar-refractivity contribution is 0.323. The highest BCUT2D eigenvalue weighted by molar-refractivity contribution is 5.87. The monoisotopic (exact) mass is 251 g/mol. The SMILES string of the molecule is Cc1[nH]c2ccccc2c1OCCc1ccccc1. The first-order valence-electron chi connectivity index (χ1n) is 6.58. The molecule has 0 aliphatic carbocycles. The minimum atomic E-state index is 0.701. The molecule has 2 aromatic carbocycles. The van der Waals surface area contributed by atoms with Crippen LogP contribution in [-0.2, 0) is 6.42 Å². The number of hydrogen-bond acceptors (Lipinski definition) is 1. The Morgan fingerprint density at radius 3 is 2.53 bits per heavy atom. The molecule has 0 aliphatic rings. The van der Waals surface area contributed by atoms with Crippen molar-refractivity contribution in [3.63, 3.8) is 0 Å². The van der Waals surface area contributed by atoms with Crippen LogP contribution in [0.4, 0.5) is 0 Å². The smallest absolute Gasteiger partial charge is 0.147 e. The highest BCUT2D eigenvalue weighted by Gasteiger charge is 2.08. The van der Waals surface area contributed by atoms with Crippen LogP contribution in [0.15, 0.2) is 54.6 Å². The van der Waals surface area contributed by atoms with E-state index in [4.69, 9.17) is 4.74 Å². The first-order valence-corrected chi connectivity index (χ1v) is 6.58. The van der Waals surface area contributed by atoms with Crippen LogP contribution in [0.5, 0.6) is 5.75 Å². The predicted octanol–water partition coefficient (Wildman–Crippen LogP) is 4.10. The maximum atomic E-state index is 5.96. The summed E-state index contributed by atoms with van der Waals surface area (Å²) in [6.07, 6.45) is 0.930. The van der Waals surface area contributed by atoms with Crippen molar-refractivity contribution < 1.29 is 4.74 Å². The van der Waals surface area contributed by atoms with E-state index in [-0.39, 0.29) is 0 Å². The Hall–Kier alpha value is -2.22. The van der Waals surface area contributed by atoms with Gasteiger partial charge < -0.3 is 9.72 Å². The molecule has 0 saturated carbocycles. The zero-order chi connectivity index (χ0) is 13.1. The van der Waals surface area contributed by atoms with Crippen molar-refractivity contribution in [1.82, 2.24) is 4.98 Å². The Bertz CT molecular complexity index is 670. The van der Waals surface area contributed by atoms with E-state index in [9.17, 15) is 0 Å². The summed E-state index contributed by atoms with van der Waals surface area (Å²) in [5.74, 6) is 0.978. The molecule has 0 amide bonds. The van der Waals surface area contributed by atoms with Crippen molar-refractivity contribution in [2.75, 3.05) is 6.61 Å². The summed E-state index contributed by atoms with van der Waals surface area (Å²) in [4.78, 5) is 3.35. The summed E-state index contributed by atoms with van der Waals surface area (Å²) in [6, 6.07) is 18.7. The van der Waals surface area contributed by atoms with Gasteiger partial charge in [-0.05, 0) is 24.6 Å². The second-order valence-electron chi connectivity index (χ2n) is 4.71. The topological polar surface area (TPSA) is 25.0 Å². The molecule has 2 nitrogen and oxygen atoms in total. The Morgan fingerprint density at radius 1 is 0.947 bits per heavy atom. The molecule has 0 unspecified atom stereocenters. The van der Waals surface area contributed by atoms with Crippen molar-refractivity contribution in [2.24, 2.45) is 0 Å². The summed E-state index contributed by atoms with van der Waals surface area (Å²) < 4.78 is 5.96. The molecule has 3 rings (SSSR count). The van der Waals surface area contributed by atoms with E-state index in [0.29, 0.717) is 6.61 Å². The number of fused-ring (bicyclic) bond motifs is 1. The molecule has 0 aliphatic heterocycles. The molecular formula is C17H17NO. The number of benzene rings is 2. The van der Waals surface area contributed by atoms with Crippen LogP contribution in [0.3, 0.4) is 0 Å². The van der Waals surface area contributed by atoms with Crippen molar-refractivity contribution in [2.45, 2.75) is 13.3 Å². The largest absolute Gasteiger partial charge is 0.491 e. The summed E-state index contributed by atoms with van der Waals surface area (Å²) in [6.45, 7) is 2.75. The van der Waals surface area contributed by atoms with Gasteiger partial charge in [0, 0.05) is 17.3 Å². The van der Waals surface area contributed by atoms with Crippen LogP contribution in [0.1, 0.15) is 11.3 Å². The fraction of sp³-hybridized carbons (Fsp3) is 0.176. The number of aryl methyl sites for hydroxylation is 1. The number of hydrogen-bond donors (Lipinski definition) is 1. The zero-order valence-corrected chi connectivity index (χ0v) is 11.0. The third-order valence-corrected chi connectivity index (χ3v) is 3.31. The minimum Gasteiger partial charge on any atom is -0.491 e. The predicted molar refractivity (Wildman–Crippen MR) is 78.7 cm³/mol. The number of aromatic amines is 1. The second kappa shape index (κ2) is 5.19. The molecule has 0 bridgehead atoms. The van der Waals surface area contributed by atoms with E-state index in [1.54, 1.807) is 0 Å². The molecule has 0 spiro atoms. The Labute approximate surface area is 113 Å². The Morgan fingerprint density at radius 2 is 1.68 bits per heavy atom. The molecule has 1 N–H and O–H groups in total. The number of ether oxygens (including phenoxy) is 1. The Balaban J connectivity index is 1.73. The van der Waals surface area contributed by atoms with E-state index in [1.807, 2.05) is 18.2 Å². The molecule has 0 fully saturated rings. The van der Waals surface area contributed by atoms with Gasteiger partial charge in [0.2, 0.25) is 0 Å². The molecule has 0 saturated heterocycles. The molecule has 1 aromatic heterocycles. The van der Waals surface area contributed by atoms with Gasteiger partial charge >= 0.3 is 0 Å². The van der Waals surface area contributed by atoms with Crippen molar-refractivity contribution >= 4 is 10.9 Å². The first kappa shape index (κ1) is 11.8. The molecule has 0 radical (unpaired) electrons. The molecule has 19 heavy (non-hydrogen) atoms. The van der Waals surface area contributed by atoms with Crippen molar-refractivity contribution in [3.05, 3.63) is 65.9 Å². The van der Waals surface area contributed by atoms with Crippen LogP contribution in [0, 0.1) is 6.92 Å². The highest BCUT2D eigenvalue weighted by Crippen LogP contribution is 2.29. The summed E-state index contributed by atoms with van der Waals surface area (Å²) >= 11 is 0. The van der Waals surface area contributed by atoms with E-state index >= 15 is 0 Å². The van der Waals surface area contributed by atoms with Gasteiger partial charge in [0.25, 0.3) is 0 Å². The molecule has 96 valence electrons. The van der Waals surface area contributed by atoms with E-state index < -0.39 is 0 Å². The maximum absolute atomic E-state index is 5.96. The quantitative estimate of drug-likeness (QED) is 0.742. The summed E-state index contributed by atoms with van der Waals surface area (Å²) in [5, 5.41) is 1.16. The molecule has 0 atom stereocenters. The summed E-state index contributed by atoms with van der Waals surface area (Å²) in [7, 11) is 0. The van der Waals surface area contributed by atoms with Crippen LogP contribution >= 0.6 is 0 Å². The second-order valence-corrected chi connectivity index (χ2v) is 4.71. The van der Waals surface area contributed by atoms with Crippen LogP contribution < -0.4 is 4.74 Å². The average Bonchev–Trinajstić information content (AvgIpc) is 2.76. The van der Waals surface area contributed by atoms with Gasteiger partial charge in [-0.15, -0.1) is 0 Å². The fourth-order valence-corrected chi connectivity index (χ4v) is 2.35. The zero-order valence-electron chi connectivity index (χ0n) is 11.0. The number of nitrogens with one attached hydrogen (secondary N) is 1. The van der Waals surface area contributed by atoms with Crippen molar-refractivity contribution in [1.29, 1.82) is 0 Å². The normalized spacial score (nSPS) is 10.8. The van der Waals surface area contributed by atoms with Gasteiger partial charge in [-0.1, -0.05) is 42.5 Å². The molecule has 1 heterocycles. The molecule has 2 heteroatoms. The van der Waals surface area contributed by atoms with Gasteiger partial charge in [0.05, 0.1) is 12.3 Å².